The third-order valence-electron chi connectivity index (χ3n) is 5.47. The highest BCUT2D eigenvalue weighted by Crippen LogP contribution is 2.26. The summed E-state index contributed by atoms with van der Waals surface area (Å²) in [6.07, 6.45) is 5.49. The number of aryl methyl sites for hydroxylation is 2. The van der Waals surface area contributed by atoms with Gasteiger partial charge in [0.25, 0.3) is 5.91 Å². The predicted molar refractivity (Wildman–Crippen MR) is 130 cm³/mol. The minimum Gasteiger partial charge on any atom is -0.438 e. The maximum absolute atomic E-state index is 12.6. The van der Waals surface area contributed by atoms with E-state index in [0.29, 0.717) is 28.7 Å². The molecule has 5 aromatic rings. The fourth-order valence-corrected chi connectivity index (χ4v) is 3.78. The lowest BCUT2D eigenvalue weighted by Gasteiger charge is -2.07. The molecule has 34 heavy (non-hydrogen) atoms. The number of amides is 1. The van der Waals surface area contributed by atoms with Gasteiger partial charge in [-0.25, -0.2) is 9.50 Å². The Balaban J connectivity index is 1.31. The molecule has 0 aliphatic carbocycles. The smallest absolute Gasteiger partial charge is 0.256 e. The van der Waals surface area contributed by atoms with Crippen LogP contribution in [0.25, 0.3) is 16.9 Å². The standard InChI is InChI=1S/C26H24N6O2/c1-3-5-18-8-10-19(11-9-18)26(33)29-23-17-32-24(28-23)12-13-25(30-32)34-21-7-4-6-20(16-21)22-14-15-27-31(22)2/h4,6-17H,3,5H2,1-2H3,(H,29,33). The molecule has 8 nitrogen and oxygen atoms in total. The normalized spacial score (nSPS) is 11.0. The molecule has 0 bridgehead atoms. The van der Waals surface area contributed by atoms with Crippen molar-refractivity contribution in [3.05, 3.63) is 90.3 Å². The second-order valence-electron chi connectivity index (χ2n) is 7.97. The van der Waals surface area contributed by atoms with Gasteiger partial charge in [-0.05, 0) is 48.4 Å². The molecular weight excluding hydrogens is 428 g/mol. The molecular formula is C26H24N6O2. The molecule has 3 heterocycles. The molecule has 0 saturated carbocycles. The Morgan fingerprint density at radius 3 is 2.68 bits per heavy atom. The van der Waals surface area contributed by atoms with Gasteiger partial charge in [0.05, 0.1) is 11.9 Å². The van der Waals surface area contributed by atoms with Crippen LogP contribution in [0.4, 0.5) is 5.82 Å². The average molecular weight is 453 g/mol. The number of aromatic nitrogens is 5. The monoisotopic (exact) mass is 452 g/mol. The quantitative estimate of drug-likeness (QED) is 0.370. The van der Waals surface area contributed by atoms with E-state index in [-0.39, 0.29) is 5.91 Å². The molecule has 1 amide bonds. The number of hydrogen-bond donors (Lipinski definition) is 1. The number of nitrogens with one attached hydrogen (secondary N) is 1. The highest BCUT2D eigenvalue weighted by Gasteiger charge is 2.11. The zero-order chi connectivity index (χ0) is 23.5. The van der Waals surface area contributed by atoms with Crippen LogP contribution < -0.4 is 10.1 Å². The van der Waals surface area contributed by atoms with Gasteiger partial charge in [-0.3, -0.25) is 9.48 Å². The Labute approximate surface area is 196 Å². The summed E-state index contributed by atoms with van der Waals surface area (Å²) >= 11 is 0. The molecule has 3 aromatic heterocycles. The predicted octanol–water partition coefficient (Wildman–Crippen LogP) is 5.13. The lowest BCUT2D eigenvalue weighted by Crippen LogP contribution is -2.12. The van der Waals surface area contributed by atoms with Crippen molar-refractivity contribution in [3.8, 4) is 22.9 Å². The van der Waals surface area contributed by atoms with E-state index >= 15 is 0 Å². The topological polar surface area (TPSA) is 86.3 Å². The Morgan fingerprint density at radius 2 is 1.91 bits per heavy atom. The van der Waals surface area contributed by atoms with Crippen LogP contribution in [0.5, 0.6) is 11.6 Å². The highest BCUT2D eigenvalue weighted by atomic mass is 16.5. The Bertz CT molecular complexity index is 1450. The molecule has 0 radical (unpaired) electrons. The molecule has 0 fully saturated rings. The number of fused-ring (bicyclic) bond motifs is 1. The van der Waals surface area contributed by atoms with Gasteiger partial charge < -0.3 is 10.1 Å². The van der Waals surface area contributed by atoms with Crippen LogP contribution >= 0.6 is 0 Å². The van der Waals surface area contributed by atoms with Gasteiger partial charge in [0.2, 0.25) is 5.88 Å². The molecule has 0 unspecified atom stereocenters. The van der Waals surface area contributed by atoms with E-state index in [4.69, 9.17) is 4.74 Å². The summed E-state index contributed by atoms with van der Waals surface area (Å²) in [7, 11) is 1.90. The van der Waals surface area contributed by atoms with Crippen LogP contribution in [0.1, 0.15) is 29.3 Å². The first-order valence-corrected chi connectivity index (χ1v) is 11.1. The Morgan fingerprint density at radius 1 is 1.06 bits per heavy atom. The molecule has 8 heteroatoms. The molecule has 5 rings (SSSR count). The number of anilines is 1. The van der Waals surface area contributed by atoms with E-state index in [2.05, 4.69) is 27.4 Å². The van der Waals surface area contributed by atoms with Crippen molar-refractivity contribution < 1.29 is 9.53 Å². The molecule has 1 N–H and O–H groups in total. The van der Waals surface area contributed by atoms with Gasteiger partial charge in [0.15, 0.2) is 11.5 Å². The summed E-state index contributed by atoms with van der Waals surface area (Å²) in [6.45, 7) is 2.13. The number of nitrogens with zero attached hydrogens (tertiary/aromatic N) is 5. The number of imidazole rings is 1. The number of benzene rings is 2. The van der Waals surface area contributed by atoms with Gasteiger partial charge in [-0.15, -0.1) is 5.10 Å². The first-order chi connectivity index (χ1) is 16.6. The van der Waals surface area contributed by atoms with Crippen molar-refractivity contribution in [2.75, 3.05) is 5.32 Å². The number of ether oxygens (including phenoxy) is 1. The second-order valence-corrected chi connectivity index (χ2v) is 7.97. The third-order valence-corrected chi connectivity index (χ3v) is 5.47. The zero-order valence-corrected chi connectivity index (χ0v) is 19.0. The van der Waals surface area contributed by atoms with Crippen molar-refractivity contribution >= 4 is 17.4 Å². The largest absolute Gasteiger partial charge is 0.438 e. The fourth-order valence-electron chi connectivity index (χ4n) is 3.78. The van der Waals surface area contributed by atoms with Crippen molar-refractivity contribution in [1.29, 1.82) is 0 Å². The summed E-state index contributed by atoms with van der Waals surface area (Å²) in [5.74, 6) is 1.28. The Kier molecular flexibility index (Phi) is 5.78. The molecule has 170 valence electrons. The van der Waals surface area contributed by atoms with Crippen molar-refractivity contribution in [2.24, 2.45) is 7.05 Å². The number of carbonyl (C=O) groups excluding carboxylic acids is 1. The van der Waals surface area contributed by atoms with Gasteiger partial charge in [0.1, 0.15) is 5.75 Å². The van der Waals surface area contributed by atoms with Crippen LogP contribution in [0.3, 0.4) is 0 Å². The molecule has 0 aliphatic rings. The molecule has 0 atom stereocenters. The summed E-state index contributed by atoms with van der Waals surface area (Å²) in [4.78, 5) is 17.0. The summed E-state index contributed by atoms with van der Waals surface area (Å²) in [6, 6.07) is 20.9. The van der Waals surface area contributed by atoms with E-state index in [9.17, 15) is 4.79 Å². The lowest BCUT2D eigenvalue weighted by molar-refractivity contribution is 0.102. The third kappa shape index (κ3) is 4.52. The average Bonchev–Trinajstić information content (AvgIpc) is 3.45. The van der Waals surface area contributed by atoms with Gasteiger partial charge in [-0.1, -0.05) is 37.6 Å². The fraction of sp³-hybridized carbons (Fsp3) is 0.154. The molecule has 0 saturated heterocycles. The zero-order valence-electron chi connectivity index (χ0n) is 19.0. The second kappa shape index (κ2) is 9.19. The van der Waals surface area contributed by atoms with Crippen molar-refractivity contribution in [3.63, 3.8) is 0 Å². The molecule has 2 aromatic carbocycles. The maximum atomic E-state index is 12.6. The van der Waals surface area contributed by atoms with Crippen LogP contribution in [-0.4, -0.2) is 30.3 Å². The van der Waals surface area contributed by atoms with E-state index in [0.717, 1.165) is 24.1 Å². The highest BCUT2D eigenvalue weighted by molar-refractivity contribution is 6.03. The lowest BCUT2D eigenvalue weighted by atomic mass is 10.1. The summed E-state index contributed by atoms with van der Waals surface area (Å²) < 4.78 is 9.37. The van der Waals surface area contributed by atoms with E-state index < -0.39 is 0 Å². The van der Waals surface area contributed by atoms with Crippen LogP contribution in [0.15, 0.2) is 79.1 Å². The SMILES string of the molecule is CCCc1ccc(C(=O)Nc2cn3nc(Oc4cccc(-c5ccnn5C)c4)ccc3n2)cc1. The van der Waals surface area contributed by atoms with Gasteiger partial charge in [-0.2, -0.15) is 5.10 Å². The van der Waals surface area contributed by atoms with E-state index in [1.807, 2.05) is 66.3 Å². The molecule has 0 spiro atoms. The first kappa shape index (κ1) is 21.4. The maximum Gasteiger partial charge on any atom is 0.256 e. The molecule has 0 aliphatic heterocycles. The minimum absolute atomic E-state index is 0.213. The number of carbonyl (C=O) groups is 1. The van der Waals surface area contributed by atoms with Crippen molar-refractivity contribution in [2.45, 2.75) is 19.8 Å². The number of rotatable bonds is 7. The van der Waals surface area contributed by atoms with Gasteiger partial charge >= 0.3 is 0 Å². The van der Waals surface area contributed by atoms with Crippen molar-refractivity contribution in [1.82, 2.24) is 24.4 Å². The first-order valence-electron chi connectivity index (χ1n) is 11.1. The Hall–Kier alpha value is -4.46. The van der Waals surface area contributed by atoms with E-state index in [1.165, 1.54) is 5.56 Å². The number of hydrogen-bond acceptors (Lipinski definition) is 5. The van der Waals surface area contributed by atoms with Crippen LogP contribution in [-0.2, 0) is 13.5 Å². The summed E-state index contributed by atoms with van der Waals surface area (Å²) in [5.41, 5.74) is 4.39. The van der Waals surface area contributed by atoms with Crippen LogP contribution in [0.2, 0.25) is 0 Å². The van der Waals surface area contributed by atoms with E-state index in [1.54, 1.807) is 29.0 Å². The summed E-state index contributed by atoms with van der Waals surface area (Å²) in [5, 5.41) is 11.5. The minimum atomic E-state index is -0.213. The van der Waals surface area contributed by atoms with Gasteiger partial charge in [0, 0.05) is 30.4 Å². The van der Waals surface area contributed by atoms with Crippen LogP contribution in [0, 0.1) is 0 Å².